The number of likely N-dealkylation sites (tertiary alicyclic amines) is 2. The van der Waals surface area contributed by atoms with Crippen LogP contribution in [0.4, 0.5) is 0 Å². The van der Waals surface area contributed by atoms with E-state index in [1.54, 1.807) is 6.26 Å². The van der Waals surface area contributed by atoms with Gasteiger partial charge in [0.1, 0.15) is 5.76 Å². The van der Waals surface area contributed by atoms with Gasteiger partial charge in [0.2, 0.25) is 0 Å². The minimum atomic E-state index is 0.485. The van der Waals surface area contributed by atoms with Crippen LogP contribution in [0.5, 0.6) is 0 Å². The van der Waals surface area contributed by atoms with E-state index < -0.39 is 0 Å². The molecule has 0 unspecified atom stereocenters. The van der Waals surface area contributed by atoms with Gasteiger partial charge in [0.05, 0.1) is 6.26 Å². The lowest BCUT2D eigenvalue weighted by Crippen LogP contribution is -2.53. The first-order valence-corrected chi connectivity index (χ1v) is 12.9. The van der Waals surface area contributed by atoms with Crippen molar-refractivity contribution in [3.05, 3.63) is 60.1 Å². The first-order chi connectivity index (χ1) is 16.3. The van der Waals surface area contributed by atoms with E-state index in [0.717, 1.165) is 63.2 Å². The number of benzene rings is 1. The zero-order chi connectivity index (χ0) is 22.3. The van der Waals surface area contributed by atoms with Crippen LogP contribution in [0.1, 0.15) is 49.8 Å². The van der Waals surface area contributed by atoms with E-state index in [0.29, 0.717) is 12.1 Å². The first-order valence-electron chi connectivity index (χ1n) is 12.9. The topological polar surface area (TPSA) is 56.0 Å². The summed E-state index contributed by atoms with van der Waals surface area (Å²) in [6.45, 7) is 6.50. The molecule has 33 heavy (non-hydrogen) atoms. The highest BCUT2D eigenvalue weighted by Gasteiger charge is 2.32. The van der Waals surface area contributed by atoms with Crippen LogP contribution in [0.2, 0.25) is 0 Å². The number of nitrogens with zero attached hydrogens (tertiary/aromatic N) is 3. The van der Waals surface area contributed by atoms with Crippen molar-refractivity contribution in [1.82, 2.24) is 20.4 Å². The molecule has 1 aromatic carbocycles. The standard InChI is InChI=1S/C27H39N5O/c1-2-5-22(6-3-1)21-31-16-11-23(12-17-31)29-27(28-15-10-26-7-4-20-33-26)30-24-13-18-32(19-14-24)25-8-9-25/h1-7,20,23-25H,8-19,21H2,(H2,28,29,30). The van der Waals surface area contributed by atoms with Crippen LogP contribution >= 0.6 is 0 Å². The minimum absolute atomic E-state index is 0.485. The molecule has 6 nitrogen and oxygen atoms in total. The molecule has 0 spiro atoms. The quantitative estimate of drug-likeness (QED) is 0.476. The lowest BCUT2D eigenvalue weighted by Gasteiger charge is -2.35. The number of nitrogens with one attached hydrogen (secondary N) is 2. The van der Waals surface area contributed by atoms with E-state index >= 15 is 0 Å². The van der Waals surface area contributed by atoms with Crippen LogP contribution in [-0.2, 0) is 13.0 Å². The summed E-state index contributed by atoms with van der Waals surface area (Å²) in [5, 5.41) is 7.56. The summed E-state index contributed by atoms with van der Waals surface area (Å²) in [7, 11) is 0. The van der Waals surface area contributed by atoms with E-state index in [2.05, 4.69) is 50.8 Å². The van der Waals surface area contributed by atoms with Gasteiger partial charge >= 0.3 is 0 Å². The Morgan fingerprint density at radius 2 is 1.55 bits per heavy atom. The van der Waals surface area contributed by atoms with Crippen molar-refractivity contribution in [2.45, 2.75) is 69.6 Å². The Balaban J connectivity index is 1.12. The summed E-state index contributed by atoms with van der Waals surface area (Å²) >= 11 is 0. The van der Waals surface area contributed by atoms with Crippen molar-refractivity contribution in [1.29, 1.82) is 0 Å². The third-order valence-corrected chi connectivity index (χ3v) is 7.32. The smallest absolute Gasteiger partial charge is 0.191 e. The number of hydrogen-bond acceptors (Lipinski definition) is 4. The van der Waals surface area contributed by atoms with Crippen molar-refractivity contribution >= 4 is 5.96 Å². The summed E-state index contributed by atoms with van der Waals surface area (Å²) in [4.78, 5) is 10.2. The van der Waals surface area contributed by atoms with Crippen LogP contribution in [0, 0.1) is 0 Å². The van der Waals surface area contributed by atoms with E-state index in [1.807, 2.05) is 12.1 Å². The molecule has 1 saturated carbocycles. The Morgan fingerprint density at radius 1 is 0.848 bits per heavy atom. The lowest BCUT2D eigenvalue weighted by atomic mass is 10.0. The predicted octanol–water partition coefficient (Wildman–Crippen LogP) is 3.65. The molecule has 2 saturated heterocycles. The molecule has 2 aromatic rings. The number of furan rings is 1. The molecule has 0 bridgehead atoms. The van der Waals surface area contributed by atoms with Crippen molar-refractivity contribution in [2.75, 3.05) is 32.7 Å². The molecule has 3 fully saturated rings. The number of aliphatic imine (C=N–C) groups is 1. The first kappa shape index (κ1) is 22.5. The molecule has 3 heterocycles. The summed E-state index contributed by atoms with van der Waals surface area (Å²) in [6, 6.07) is 16.7. The molecule has 0 amide bonds. The van der Waals surface area contributed by atoms with Gasteiger partial charge in [-0.15, -0.1) is 0 Å². The highest BCUT2D eigenvalue weighted by atomic mass is 16.3. The average molecular weight is 450 g/mol. The predicted molar refractivity (Wildman–Crippen MR) is 133 cm³/mol. The second-order valence-corrected chi connectivity index (χ2v) is 9.93. The second-order valence-electron chi connectivity index (χ2n) is 9.93. The fourth-order valence-corrected chi connectivity index (χ4v) is 5.18. The van der Waals surface area contributed by atoms with Gasteiger partial charge < -0.3 is 20.0 Å². The fourth-order valence-electron chi connectivity index (χ4n) is 5.18. The van der Waals surface area contributed by atoms with Crippen LogP contribution < -0.4 is 10.6 Å². The highest BCUT2D eigenvalue weighted by Crippen LogP contribution is 2.29. The highest BCUT2D eigenvalue weighted by molar-refractivity contribution is 5.80. The van der Waals surface area contributed by atoms with Crippen molar-refractivity contribution in [3.63, 3.8) is 0 Å². The maximum atomic E-state index is 5.49. The number of guanidine groups is 1. The molecule has 3 aliphatic rings. The molecular formula is C27H39N5O. The maximum Gasteiger partial charge on any atom is 0.191 e. The number of rotatable bonds is 8. The molecule has 2 aliphatic heterocycles. The van der Waals surface area contributed by atoms with Crippen molar-refractivity contribution in [3.8, 4) is 0 Å². The van der Waals surface area contributed by atoms with E-state index in [-0.39, 0.29) is 0 Å². The van der Waals surface area contributed by atoms with Gasteiger partial charge in [-0.3, -0.25) is 9.89 Å². The van der Waals surface area contributed by atoms with Gasteiger partial charge in [-0.2, -0.15) is 0 Å². The summed E-state index contributed by atoms with van der Waals surface area (Å²) < 4.78 is 5.49. The summed E-state index contributed by atoms with van der Waals surface area (Å²) in [5.74, 6) is 2.00. The third kappa shape index (κ3) is 6.84. The van der Waals surface area contributed by atoms with Crippen LogP contribution in [0.15, 0.2) is 58.1 Å². The maximum absolute atomic E-state index is 5.49. The molecule has 5 rings (SSSR count). The molecule has 178 valence electrons. The summed E-state index contributed by atoms with van der Waals surface area (Å²) in [6.07, 6.45) is 10.1. The van der Waals surface area contributed by atoms with Crippen LogP contribution in [0.3, 0.4) is 0 Å². The van der Waals surface area contributed by atoms with Crippen molar-refractivity contribution < 1.29 is 4.42 Å². The molecule has 2 N–H and O–H groups in total. The van der Waals surface area contributed by atoms with Gasteiger partial charge in [-0.05, 0) is 56.2 Å². The fraction of sp³-hybridized carbons (Fsp3) is 0.593. The number of hydrogen-bond donors (Lipinski definition) is 2. The van der Waals surface area contributed by atoms with Gasteiger partial charge in [-0.1, -0.05) is 30.3 Å². The van der Waals surface area contributed by atoms with Gasteiger partial charge in [0, 0.05) is 63.8 Å². The van der Waals surface area contributed by atoms with Crippen molar-refractivity contribution in [2.24, 2.45) is 4.99 Å². The minimum Gasteiger partial charge on any atom is -0.469 e. The Kier molecular flexibility index (Phi) is 7.64. The zero-order valence-corrected chi connectivity index (χ0v) is 19.8. The van der Waals surface area contributed by atoms with E-state index in [4.69, 9.17) is 9.41 Å². The Labute approximate surface area is 198 Å². The molecule has 1 aliphatic carbocycles. The molecular weight excluding hydrogens is 410 g/mol. The Hall–Kier alpha value is -2.31. The second kappa shape index (κ2) is 11.2. The molecule has 1 aromatic heterocycles. The Bertz CT molecular complexity index is 848. The van der Waals surface area contributed by atoms with Crippen LogP contribution in [-0.4, -0.2) is 66.6 Å². The largest absolute Gasteiger partial charge is 0.469 e. The SMILES string of the molecule is c1ccc(CN2CCC(NC(=NCCc3ccco3)NC3CCN(C4CC4)CC3)CC2)cc1. The molecule has 0 atom stereocenters. The monoisotopic (exact) mass is 449 g/mol. The van der Waals surface area contributed by atoms with Gasteiger partial charge in [-0.25, -0.2) is 0 Å². The molecule has 6 heteroatoms. The van der Waals surface area contributed by atoms with E-state index in [9.17, 15) is 0 Å². The average Bonchev–Trinajstić information content (AvgIpc) is 3.57. The number of piperidine rings is 2. The van der Waals surface area contributed by atoms with Gasteiger partial charge in [0.25, 0.3) is 0 Å². The normalized spacial score (nSPS) is 21.9. The lowest BCUT2D eigenvalue weighted by molar-refractivity contribution is 0.192. The Morgan fingerprint density at radius 3 is 2.18 bits per heavy atom. The molecule has 0 radical (unpaired) electrons. The van der Waals surface area contributed by atoms with Crippen LogP contribution in [0.25, 0.3) is 0 Å². The van der Waals surface area contributed by atoms with Gasteiger partial charge in [0.15, 0.2) is 5.96 Å². The van der Waals surface area contributed by atoms with E-state index in [1.165, 1.54) is 44.3 Å². The third-order valence-electron chi connectivity index (χ3n) is 7.32. The summed E-state index contributed by atoms with van der Waals surface area (Å²) in [5.41, 5.74) is 1.41. The zero-order valence-electron chi connectivity index (χ0n) is 19.8.